The summed E-state index contributed by atoms with van der Waals surface area (Å²) in [5.41, 5.74) is 1.39. The second-order valence-electron chi connectivity index (χ2n) is 17.2. The Kier molecular flexibility index (Phi) is 16.3. The Balaban J connectivity index is 1.43. The van der Waals surface area contributed by atoms with Crippen LogP contribution in [0.4, 0.5) is 11.4 Å². The minimum atomic E-state index is -4.85. The van der Waals surface area contributed by atoms with Crippen molar-refractivity contribution in [2.24, 2.45) is 0 Å². The van der Waals surface area contributed by atoms with Crippen LogP contribution in [-0.4, -0.2) is 122 Å². The quantitative estimate of drug-likeness (QED) is 0.0425. The molecule has 3 heterocycles. The van der Waals surface area contributed by atoms with E-state index in [1.165, 1.54) is 47.4 Å². The molecule has 0 saturated heterocycles. The highest BCUT2D eigenvalue weighted by Gasteiger charge is 2.45. The number of allylic oxidation sites excluding steroid dienone is 8. The van der Waals surface area contributed by atoms with Gasteiger partial charge in [-0.2, -0.15) is 29.8 Å². The Morgan fingerprint density at radius 1 is 0.746 bits per heavy atom. The van der Waals surface area contributed by atoms with Gasteiger partial charge in [0.25, 0.3) is 42.2 Å². The average molecular weight is 1010 g/mol. The normalized spacial score (nSPS) is 18.0. The maximum Gasteiger partial charge on any atom is 0.294 e. The van der Waals surface area contributed by atoms with Gasteiger partial charge in [-0.1, -0.05) is 51.0 Å². The lowest BCUT2D eigenvalue weighted by Crippen LogP contribution is -2.30. The fourth-order valence-electron chi connectivity index (χ4n) is 8.24. The van der Waals surface area contributed by atoms with Gasteiger partial charge in [0.1, 0.15) is 15.9 Å². The zero-order valence-electron chi connectivity index (χ0n) is 37.3. The van der Waals surface area contributed by atoms with E-state index in [9.17, 15) is 66.3 Å². The van der Waals surface area contributed by atoms with E-state index >= 15 is 0 Å². The molecule has 0 aromatic heterocycles. The van der Waals surface area contributed by atoms with Gasteiger partial charge in [0, 0.05) is 72.7 Å². The number of carbonyl (C=O) groups is 3. The van der Waals surface area contributed by atoms with Crippen molar-refractivity contribution in [2.75, 3.05) is 42.6 Å². The van der Waals surface area contributed by atoms with Crippen LogP contribution in [0.3, 0.4) is 0 Å². The van der Waals surface area contributed by atoms with Crippen molar-refractivity contribution in [3.8, 4) is 0 Å². The molecular weight excluding hydrogens is 953 g/mol. The first-order valence-corrected chi connectivity index (χ1v) is 27.2. The molecule has 0 atom stereocenters. The van der Waals surface area contributed by atoms with Gasteiger partial charge in [-0.25, -0.2) is 8.42 Å². The second-order valence-corrected chi connectivity index (χ2v) is 23.2. The van der Waals surface area contributed by atoms with Crippen LogP contribution < -0.4 is 10.2 Å². The topological polar surface area (TPSA) is 293 Å². The number of fused-ring (bicyclic) bond motifs is 2. The molecule has 0 radical (unpaired) electrons. The number of amides is 3. The van der Waals surface area contributed by atoms with Crippen molar-refractivity contribution in [1.82, 2.24) is 10.2 Å². The van der Waals surface area contributed by atoms with E-state index in [-0.39, 0.29) is 48.5 Å². The molecule has 2 aromatic carbocycles. The van der Waals surface area contributed by atoms with Crippen molar-refractivity contribution < 1.29 is 70.8 Å². The number of unbranched alkanes of at least 4 members (excludes halogenated alkanes) is 3. The summed E-state index contributed by atoms with van der Waals surface area (Å²) in [4.78, 5) is 38.6. The molecule has 5 rings (SSSR count). The van der Waals surface area contributed by atoms with Crippen molar-refractivity contribution in [1.29, 1.82) is 0 Å². The summed E-state index contributed by atoms with van der Waals surface area (Å²) in [7, 11) is -18.3. The molecular formula is C44H54N4O15S4. The molecule has 3 amide bonds. The molecule has 3 aliphatic heterocycles. The largest absolute Gasteiger partial charge is 0.744 e. The molecule has 67 heavy (non-hydrogen) atoms. The van der Waals surface area contributed by atoms with Crippen LogP contribution in [0.5, 0.6) is 0 Å². The first kappa shape index (κ1) is 52.8. The summed E-state index contributed by atoms with van der Waals surface area (Å²) in [6.07, 6.45) is 15.4. The monoisotopic (exact) mass is 1010 g/mol. The maximum absolute atomic E-state index is 13.1. The maximum atomic E-state index is 13.1. The summed E-state index contributed by atoms with van der Waals surface area (Å²) >= 11 is 0. The van der Waals surface area contributed by atoms with Gasteiger partial charge in [0.05, 0.1) is 21.0 Å². The second kappa shape index (κ2) is 20.6. The highest BCUT2D eigenvalue weighted by molar-refractivity contribution is 7.86. The number of rotatable bonds is 22. The Bertz CT molecular complexity index is 2950. The Morgan fingerprint density at radius 2 is 1.37 bits per heavy atom. The van der Waals surface area contributed by atoms with Gasteiger partial charge in [-0.05, 0) is 80.7 Å². The van der Waals surface area contributed by atoms with Crippen molar-refractivity contribution in [3.63, 3.8) is 0 Å². The standard InChI is InChI=1S/C44H54N4O15S4/c1-43(2)34-29-32(66(58,59)60)16-18-36(34)46(25-27-64(52,53)54)38(43)13-9-11-31(15-20-40(49)45-23-7-5-6-8-24-48-41(50)21-22-42(48)51)12-10-14-39-44(3,4)35-30-33(67(61,62)63)17-19-37(35)47(39)26-28-65(55,56)57/h9-14,16-19,21-22,29-30H,5-8,15,20,23-28H2,1-4H3,(H4-,45,49,52,53,54,55,56,57,58,59,60,61,62,63). The summed E-state index contributed by atoms with van der Waals surface area (Å²) < 4.78 is 138. The molecule has 3 aliphatic rings. The molecule has 0 aliphatic carbocycles. The molecule has 4 N–H and O–H groups in total. The van der Waals surface area contributed by atoms with E-state index in [1.54, 1.807) is 73.6 Å². The van der Waals surface area contributed by atoms with Crippen molar-refractivity contribution in [3.05, 3.63) is 107 Å². The van der Waals surface area contributed by atoms with Crippen molar-refractivity contribution >= 4 is 75.3 Å². The molecule has 0 bridgehead atoms. The third kappa shape index (κ3) is 13.5. The molecule has 19 nitrogen and oxygen atoms in total. The minimum absolute atomic E-state index is 0.0308. The smallest absolute Gasteiger partial charge is 0.294 e. The van der Waals surface area contributed by atoms with Crippen LogP contribution in [0, 0.1) is 0 Å². The number of benzene rings is 2. The number of hydrogen-bond acceptors (Lipinski definition) is 13. The molecule has 0 unspecified atom stereocenters. The van der Waals surface area contributed by atoms with Gasteiger partial charge in [-0.3, -0.25) is 32.9 Å². The van der Waals surface area contributed by atoms with E-state index in [2.05, 4.69) is 5.32 Å². The van der Waals surface area contributed by atoms with E-state index in [4.69, 9.17) is 0 Å². The van der Waals surface area contributed by atoms with Gasteiger partial charge in [0.2, 0.25) is 11.6 Å². The van der Waals surface area contributed by atoms with Crippen LogP contribution in [0.15, 0.2) is 106 Å². The number of nitrogens with zero attached hydrogens (tertiary/aromatic N) is 3. The first-order valence-electron chi connectivity index (χ1n) is 21.1. The lowest BCUT2D eigenvalue weighted by molar-refractivity contribution is -0.432. The molecule has 364 valence electrons. The lowest BCUT2D eigenvalue weighted by atomic mass is 9.81. The van der Waals surface area contributed by atoms with Crippen LogP contribution in [0.2, 0.25) is 0 Å². The summed E-state index contributed by atoms with van der Waals surface area (Å²) in [6, 6.07) is 7.65. The van der Waals surface area contributed by atoms with Gasteiger partial charge >= 0.3 is 0 Å². The van der Waals surface area contributed by atoms with Gasteiger partial charge in [0.15, 0.2) is 12.3 Å². The lowest BCUT2D eigenvalue weighted by Gasteiger charge is -2.26. The average Bonchev–Trinajstić information content (AvgIpc) is 3.73. The summed E-state index contributed by atoms with van der Waals surface area (Å²) in [5, 5.41) is 2.89. The summed E-state index contributed by atoms with van der Waals surface area (Å²) in [6.45, 7) is 7.29. The van der Waals surface area contributed by atoms with Crippen LogP contribution in [-0.2, 0) is 65.7 Å². The van der Waals surface area contributed by atoms with Crippen LogP contribution >= 0.6 is 0 Å². The van der Waals surface area contributed by atoms with E-state index in [0.717, 1.165) is 18.9 Å². The molecule has 23 heteroatoms. The highest BCUT2D eigenvalue weighted by Crippen LogP contribution is 2.48. The van der Waals surface area contributed by atoms with E-state index in [1.807, 2.05) is 0 Å². The van der Waals surface area contributed by atoms with Crippen molar-refractivity contribution in [2.45, 2.75) is 86.8 Å². The highest BCUT2D eigenvalue weighted by atomic mass is 32.2. The predicted molar refractivity (Wildman–Crippen MR) is 248 cm³/mol. The minimum Gasteiger partial charge on any atom is -0.744 e. The van der Waals surface area contributed by atoms with Gasteiger partial charge < -0.3 is 14.8 Å². The fourth-order valence-corrected chi connectivity index (χ4v) is 10.1. The third-order valence-electron chi connectivity index (χ3n) is 11.8. The molecule has 2 aromatic rings. The molecule has 0 saturated carbocycles. The Morgan fingerprint density at radius 3 is 2.00 bits per heavy atom. The number of carbonyl (C=O) groups excluding carboxylic acids is 3. The number of anilines is 1. The Labute approximate surface area is 391 Å². The zero-order valence-corrected chi connectivity index (χ0v) is 40.5. The van der Waals surface area contributed by atoms with E-state index < -0.39 is 67.7 Å². The number of imide groups is 1. The molecule has 0 fully saturated rings. The first-order chi connectivity index (χ1) is 31.0. The Hall–Kier alpha value is -5.14. The summed E-state index contributed by atoms with van der Waals surface area (Å²) in [5.74, 6) is -2.28. The zero-order chi connectivity index (χ0) is 49.8. The SMILES string of the molecule is CC1(C)C(/C=C/C=C(/C=C/C=C2/N(CCS(=O)(=O)O)c3ccc(S(=O)(=O)O)cc3C2(C)C)CCC(=O)NCCCCCCN2C(=O)C=CC2=O)=[N+](CCS(=O)(=O)O)c2ccc(S(=O)(=O)[O-])cc21. The number of hydrogen-bond donors (Lipinski definition) is 4. The third-order valence-corrected chi connectivity index (χ3v) is 14.8. The fraction of sp³-hybridized carbons (Fsp3) is 0.409. The van der Waals surface area contributed by atoms with E-state index in [0.29, 0.717) is 65.4 Å². The van der Waals surface area contributed by atoms with Crippen LogP contribution in [0.1, 0.15) is 77.3 Å². The van der Waals surface area contributed by atoms with Gasteiger partial charge in [-0.15, -0.1) is 0 Å². The predicted octanol–water partition coefficient (Wildman–Crippen LogP) is 4.09. The molecule has 0 spiro atoms. The number of nitrogens with one attached hydrogen (secondary N) is 1. The van der Waals surface area contributed by atoms with Crippen LogP contribution in [0.25, 0.3) is 0 Å².